The first-order valence-electron chi connectivity index (χ1n) is 9.10. The van der Waals surface area contributed by atoms with Crippen molar-refractivity contribution in [3.63, 3.8) is 0 Å². The topological polar surface area (TPSA) is 87.5 Å². The minimum absolute atomic E-state index is 0.00993. The van der Waals surface area contributed by atoms with Gasteiger partial charge in [0.25, 0.3) is 0 Å². The van der Waals surface area contributed by atoms with Crippen molar-refractivity contribution in [1.82, 2.24) is 24.9 Å². The number of anilines is 2. The number of carbonyl (C=O) groups excluding carboxylic acids is 1. The molecule has 138 valence electrons. The zero-order chi connectivity index (χ0) is 18.8. The van der Waals surface area contributed by atoms with E-state index in [0.717, 1.165) is 47.8 Å². The fourth-order valence-electron chi connectivity index (χ4n) is 3.42. The molecule has 27 heavy (non-hydrogen) atoms. The van der Waals surface area contributed by atoms with Gasteiger partial charge in [0.05, 0.1) is 0 Å². The molecular formula is C18H22BN7O. The quantitative estimate of drug-likeness (QED) is 0.606. The van der Waals surface area contributed by atoms with Crippen LogP contribution < -0.4 is 21.0 Å². The zero-order valence-electron chi connectivity index (χ0n) is 15.5. The normalized spacial score (nSPS) is 16.6. The summed E-state index contributed by atoms with van der Waals surface area (Å²) in [5.41, 5.74) is 2.96. The predicted octanol–water partition coefficient (Wildman–Crippen LogP) is -0.290. The standard InChI is InChI=1S/C18H22BN7O/c1-12(27)23-14-4-6-25(11-14)17-7-16(21-9-13-3-2-5-20-8-13)26-18(24-17)15(19)10-22-26/h2-3,5,7-8,10,14,21H,4,6,9,11,19H2,1H3,(H,23,27). The van der Waals surface area contributed by atoms with E-state index in [1.807, 2.05) is 43.0 Å². The summed E-state index contributed by atoms with van der Waals surface area (Å²) >= 11 is 0. The van der Waals surface area contributed by atoms with Gasteiger partial charge in [0.15, 0.2) is 5.65 Å². The molecule has 1 saturated heterocycles. The summed E-state index contributed by atoms with van der Waals surface area (Å²) in [5.74, 6) is 1.79. The van der Waals surface area contributed by atoms with Gasteiger partial charge < -0.3 is 15.5 Å². The molecule has 1 atom stereocenters. The van der Waals surface area contributed by atoms with Crippen LogP contribution in [0.1, 0.15) is 18.9 Å². The minimum atomic E-state index is 0.00993. The summed E-state index contributed by atoms with van der Waals surface area (Å²) in [7, 11) is 2.01. The second-order valence-electron chi connectivity index (χ2n) is 6.91. The average molecular weight is 363 g/mol. The summed E-state index contributed by atoms with van der Waals surface area (Å²) in [4.78, 5) is 22.5. The number of nitrogens with one attached hydrogen (secondary N) is 2. The van der Waals surface area contributed by atoms with Gasteiger partial charge in [-0.1, -0.05) is 6.07 Å². The highest BCUT2D eigenvalue weighted by molar-refractivity contribution is 6.36. The summed E-state index contributed by atoms with van der Waals surface area (Å²) in [6.07, 6.45) is 6.36. The van der Waals surface area contributed by atoms with E-state index in [0.29, 0.717) is 6.54 Å². The van der Waals surface area contributed by atoms with Crippen LogP contribution in [0.3, 0.4) is 0 Å². The van der Waals surface area contributed by atoms with E-state index in [2.05, 4.69) is 25.6 Å². The van der Waals surface area contributed by atoms with Gasteiger partial charge in [-0.3, -0.25) is 9.78 Å². The van der Waals surface area contributed by atoms with Crippen molar-refractivity contribution in [3.05, 3.63) is 42.4 Å². The van der Waals surface area contributed by atoms with Crippen LogP contribution in [0.4, 0.5) is 11.6 Å². The van der Waals surface area contributed by atoms with Crippen LogP contribution in [0.25, 0.3) is 5.65 Å². The second kappa shape index (κ2) is 7.26. The van der Waals surface area contributed by atoms with Gasteiger partial charge in [-0.2, -0.15) is 9.61 Å². The largest absolute Gasteiger partial charge is 0.366 e. The molecule has 1 aliphatic rings. The summed E-state index contributed by atoms with van der Waals surface area (Å²) < 4.78 is 1.83. The first-order valence-corrected chi connectivity index (χ1v) is 9.10. The van der Waals surface area contributed by atoms with Gasteiger partial charge in [0, 0.05) is 57.3 Å². The number of aromatic nitrogens is 4. The lowest BCUT2D eigenvalue weighted by molar-refractivity contribution is -0.119. The molecule has 0 saturated carbocycles. The van der Waals surface area contributed by atoms with E-state index in [4.69, 9.17) is 4.98 Å². The van der Waals surface area contributed by atoms with E-state index in [9.17, 15) is 4.79 Å². The van der Waals surface area contributed by atoms with E-state index < -0.39 is 0 Å². The fraction of sp³-hybridized carbons (Fsp3) is 0.333. The summed E-state index contributed by atoms with van der Waals surface area (Å²) in [6.45, 7) is 3.84. The van der Waals surface area contributed by atoms with E-state index in [1.54, 1.807) is 13.1 Å². The molecule has 0 aromatic carbocycles. The van der Waals surface area contributed by atoms with Crippen LogP contribution in [0.15, 0.2) is 36.8 Å². The number of hydrogen-bond donors (Lipinski definition) is 2. The second-order valence-corrected chi connectivity index (χ2v) is 6.91. The molecule has 8 nitrogen and oxygen atoms in total. The van der Waals surface area contributed by atoms with Crippen LogP contribution in [0, 0.1) is 0 Å². The van der Waals surface area contributed by atoms with Crippen molar-refractivity contribution in [2.75, 3.05) is 23.3 Å². The molecule has 4 rings (SSSR count). The summed E-state index contributed by atoms with van der Waals surface area (Å²) in [5, 5.41) is 10.9. The van der Waals surface area contributed by atoms with Gasteiger partial charge >= 0.3 is 0 Å². The van der Waals surface area contributed by atoms with Crippen LogP contribution in [-0.4, -0.2) is 52.5 Å². The van der Waals surface area contributed by atoms with Crippen molar-refractivity contribution >= 4 is 36.5 Å². The Balaban J connectivity index is 1.60. The van der Waals surface area contributed by atoms with E-state index >= 15 is 0 Å². The highest BCUT2D eigenvalue weighted by atomic mass is 16.1. The number of amides is 1. The molecule has 0 bridgehead atoms. The first kappa shape index (κ1) is 17.3. The van der Waals surface area contributed by atoms with Gasteiger partial charge in [0.2, 0.25) is 5.91 Å². The molecule has 0 aliphatic carbocycles. The minimum Gasteiger partial charge on any atom is -0.366 e. The van der Waals surface area contributed by atoms with E-state index in [-0.39, 0.29) is 11.9 Å². The highest BCUT2D eigenvalue weighted by Crippen LogP contribution is 2.23. The van der Waals surface area contributed by atoms with Crippen LogP contribution >= 0.6 is 0 Å². The molecule has 2 N–H and O–H groups in total. The third-order valence-electron chi connectivity index (χ3n) is 4.75. The number of nitrogens with zero attached hydrogens (tertiary/aromatic N) is 5. The van der Waals surface area contributed by atoms with Gasteiger partial charge in [-0.25, -0.2) is 4.98 Å². The zero-order valence-corrected chi connectivity index (χ0v) is 15.5. The lowest BCUT2D eigenvalue weighted by Gasteiger charge is -2.19. The predicted molar refractivity (Wildman–Crippen MR) is 107 cm³/mol. The lowest BCUT2D eigenvalue weighted by Crippen LogP contribution is -2.35. The number of carbonyl (C=O) groups is 1. The molecule has 3 aromatic rings. The van der Waals surface area contributed by atoms with Crippen molar-refractivity contribution < 1.29 is 4.79 Å². The maximum absolute atomic E-state index is 11.3. The molecule has 1 amide bonds. The van der Waals surface area contributed by atoms with Crippen LogP contribution in [0.5, 0.6) is 0 Å². The SMILES string of the molecule is Bc1cnn2c(NCc3cccnc3)cc(N3CCC(NC(C)=O)C3)nc12. The third-order valence-corrected chi connectivity index (χ3v) is 4.75. The number of hydrogen-bond acceptors (Lipinski definition) is 6. The van der Waals surface area contributed by atoms with Crippen LogP contribution in [0.2, 0.25) is 0 Å². The molecule has 1 unspecified atom stereocenters. The molecule has 1 aliphatic heterocycles. The molecule has 0 spiro atoms. The van der Waals surface area contributed by atoms with Gasteiger partial charge in [0.1, 0.15) is 19.5 Å². The number of rotatable bonds is 5. The Hall–Kier alpha value is -3.10. The average Bonchev–Trinajstić information content (AvgIpc) is 3.27. The Morgan fingerprint density at radius 3 is 3.07 bits per heavy atom. The molecule has 9 heteroatoms. The Morgan fingerprint density at radius 1 is 1.41 bits per heavy atom. The number of fused-ring (bicyclic) bond motifs is 1. The van der Waals surface area contributed by atoms with Gasteiger partial charge in [-0.05, 0) is 23.5 Å². The monoisotopic (exact) mass is 363 g/mol. The van der Waals surface area contributed by atoms with E-state index in [1.165, 1.54) is 0 Å². The maximum Gasteiger partial charge on any atom is 0.217 e. The molecule has 3 aromatic heterocycles. The van der Waals surface area contributed by atoms with Crippen molar-refractivity contribution in [2.24, 2.45) is 0 Å². The smallest absolute Gasteiger partial charge is 0.217 e. The fourth-order valence-corrected chi connectivity index (χ4v) is 3.42. The molecular weight excluding hydrogens is 341 g/mol. The van der Waals surface area contributed by atoms with Crippen molar-refractivity contribution in [1.29, 1.82) is 0 Å². The Kier molecular flexibility index (Phi) is 4.66. The Bertz CT molecular complexity index is 959. The molecule has 0 radical (unpaired) electrons. The third kappa shape index (κ3) is 3.72. The highest BCUT2D eigenvalue weighted by Gasteiger charge is 2.25. The summed E-state index contributed by atoms with van der Waals surface area (Å²) in [6, 6.07) is 6.14. The maximum atomic E-state index is 11.3. The van der Waals surface area contributed by atoms with Crippen LogP contribution in [-0.2, 0) is 11.3 Å². The molecule has 4 heterocycles. The first-order chi connectivity index (χ1) is 13.1. The lowest BCUT2D eigenvalue weighted by atomic mass is 10.0. The molecule has 1 fully saturated rings. The van der Waals surface area contributed by atoms with Crippen molar-refractivity contribution in [2.45, 2.75) is 25.9 Å². The Labute approximate surface area is 158 Å². The Morgan fingerprint density at radius 2 is 2.30 bits per heavy atom. The number of pyridine rings is 1. The van der Waals surface area contributed by atoms with Crippen molar-refractivity contribution in [3.8, 4) is 0 Å². The van der Waals surface area contributed by atoms with Gasteiger partial charge in [-0.15, -0.1) is 0 Å².